The van der Waals surface area contributed by atoms with Crippen LogP contribution in [0, 0.1) is 0 Å². The van der Waals surface area contributed by atoms with E-state index in [0.29, 0.717) is 0 Å². The van der Waals surface area contributed by atoms with Gasteiger partial charge >= 0.3 is 0 Å². The number of carboxylic acid groups (broad SMARTS) is 1. The van der Waals surface area contributed by atoms with E-state index in [1.807, 2.05) is 0 Å². The van der Waals surface area contributed by atoms with Gasteiger partial charge in [0.25, 0.3) is 0 Å². The summed E-state index contributed by atoms with van der Waals surface area (Å²) in [5, 5.41) is 9.36. The molecule has 0 aromatic heterocycles. The third kappa shape index (κ3) is 22.5. The molecule has 0 radical (unpaired) electrons. The van der Waals surface area contributed by atoms with Gasteiger partial charge in [-0.15, -0.1) is 0 Å². The fourth-order valence-corrected chi connectivity index (χ4v) is 0.750. The molecule has 0 saturated heterocycles. The Hall–Kier alpha value is -0.610. The van der Waals surface area contributed by atoms with Crippen LogP contribution in [0.4, 0.5) is 0 Å². The Morgan fingerprint density at radius 3 is 1.93 bits per heavy atom. The average Bonchev–Trinajstić information content (AvgIpc) is 2.00. The molecular formula is C10H23NO3. The van der Waals surface area contributed by atoms with E-state index >= 15 is 0 Å². The molecule has 0 fully saturated rings. The molecule has 0 aromatic rings. The molecule has 0 aliphatic carbocycles. The molecule has 14 heavy (non-hydrogen) atoms. The Labute approximate surface area is 87.1 Å². The number of quaternary nitrogens is 1. The van der Waals surface area contributed by atoms with Gasteiger partial charge in [0.05, 0.1) is 40.3 Å². The number of hydrogen-bond donors (Lipinski definition) is 0. The zero-order valence-electron chi connectivity index (χ0n) is 10.0. The number of unbranched alkanes of at least 4 members (excludes halogenated alkanes) is 1. The Bertz CT molecular complexity index is 141. The highest BCUT2D eigenvalue weighted by molar-refractivity contribution is 5.65. The summed E-state index contributed by atoms with van der Waals surface area (Å²) in [6.45, 7) is 3.21. The largest absolute Gasteiger partial charge is 0.548 e. The van der Waals surface area contributed by atoms with Crippen LogP contribution in [0.15, 0.2) is 0 Å². The highest BCUT2D eigenvalue weighted by atomic mass is 16.5. The predicted molar refractivity (Wildman–Crippen MR) is 54.7 cm³/mol. The van der Waals surface area contributed by atoms with Crippen LogP contribution in [-0.4, -0.2) is 51.9 Å². The van der Waals surface area contributed by atoms with Gasteiger partial charge in [-0.05, 0) is 6.42 Å². The van der Waals surface area contributed by atoms with Crippen molar-refractivity contribution in [2.45, 2.75) is 19.8 Å². The lowest BCUT2D eigenvalue weighted by Gasteiger charge is -2.23. The summed E-state index contributed by atoms with van der Waals surface area (Å²) in [7, 11) is 8.00. The van der Waals surface area contributed by atoms with Crippen LogP contribution in [0.2, 0.25) is 0 Å². The van der Waals surface area contributed by atoms with Crippen LogP contribution in [0.25, 0.3) is 0 Å². The number of carbonyl (C=O) groups excluding carboxylic acids is 1. The molecule has 0 amide bonds. The number of carboxylic acids is 1. The van der Waals surface area contributed by atoms with Crippen molar-refractivity contribution in [1.29, 1.82) is 0 Å². The summed E-state index contributed by atoms with van der Waals surface area (Å²) in [4.78, 5) is 9.36. The smallest absolute Gasteiger partial charge is 0.0857 e. The molecule has 0 unspecified atom stereocenters. The molecular weight excluding hydrogens is 182 g/mol. The maximum absolute atomic E-state index is 9.36. The number of carbonyl (C=O) groups is 1. The van der Waals surface area contributed by atoms with Crippen molar-refractivity contribution in [3.05, 3.63) is 0 Å². The summed E-state index contributed by atoms with van der Waals surface area (Å²) in [5.74, 6) is -1.18. The van der Waals surface area contributed by atoms with E-state index in [-0.39, 0.29) is 6.61 Å². The van der Waals surface area contributed by atoms with Crippen molar-refractivity contribution >= 4 is 5.97 Å². The van der Waals surface area contributed by atoms with Crippen LogP contribution < -0.4 is 5.11 Å². The normalized spacial score (nSPS) is 10.4. The fraction of sp³-hybridized carbons (Fsp3) is 0.900. The van der Waals surface area contributed by atoms with E-state index < -0.39 is 5.97 Å². The van der Waals surface area contributed by atoms with Gasteiger partial charge in [-0.2, -0.15) is 0 Å². The number of rotatable bonds is 5. The summed E-state index contributed by atoms with van der Waals surface area (Å²) >= 11 is 0. The van der Waals surface area contributed by atoms with Crippen molar-refractivity contribution in [3.8, 4) is 0 Å². The molecule has 0 N–H and O–H groups in total. The summed E-state index contributed by atoms with van der Waals surface area (Å²) in [6.07, 6.45) is 2.67. The monoisotopic (exact) mass is 205 g/mol. The van der Waals surface area contributed by atoms with Gasteiger partial charge in [-0.1, -0.05) is 13.3 Å². The molecule has 4 heteroatoms. The lowest BCUT2D eigenvalue weighted by Crippen LogP contribution is -2.35. The van der Waals surface area contributed by atoms with Gasteiger partial charge in [-0.3, -0.25) is 0 Å². The number of ether oxygens (including phenoxy) is 1. The first kappa shape index (κ1) is 15.8. The van der Waals surface area contributed by atoms with Crippen LogP contribution in [0.5, 0.6) is 0 Å². The number of methoxy groups -OCH3 is 1. The molecule has 0 spiro atoms. The van der Waals surface area contributed by atoms with Crippen LogP contribution in [0.1, 0.15) is 19.8 Å². The van der Waals surface area contributed by atoms with Gasteiger partial charge in [-0.25, -0.2) is 0 Å². The fourth-order valence-electron chi connectivity index (χ4n) is 0.750. The second kappa shape index (κ2) is 8.97. The maximum atomic E-state index is 9.36. The van der Waals surface area contributed by atoms with Crippen molar-refractivity contribution in [2.75, 3.05) is 41.4 Å². The molecule has 0 saturated carbocycles. The van der Waals surface area contributed by atoms with Crippen molar-refractivity contribution < 1.29 is 19.1 Å². The first-order valence-electron chi connectivity index (χ1n) is 4.82. The Kier molecular flexibility index (Phi) is 10.1. The van der Waals surface area contributed by atoms with E-state index in [1.165, 1.54) is 26.5 Å². The van der Waals surface area contributed by atoms with Crippen molar-refractivity contribution in [3.63, 3.8) is 0 Å². The van der Waals surface area contributed by atoms with E-state index in [1.54, 1.807) is 0 Å². The molecule has 0 rings (SSSR count). The average molecular weight is 205 g/mol. The van der Waals surface area contributed by atoms with E-state index in [9.17, 15) is 9.90 Å². The topological polar surface area (TPSA) is 49.4 Å². The predicted octanol–water partition coefficient (Wildman–Crippen LogP) is -0.125. The first-order valence-corrected chi connectivity index (χ1v) is 4.82. The van der Waals surface area contributed by atoms with Crippen LogP contribution in [0.3, 0.4) is 0 Å². The lowest BCUT2D eigenvalue weighted by atomic mass is 10.3. The molecule has 0 aliphatic rings. The van der Waals surface area contributed by atoms with Gasteiger partial charge in [0.2, 0.25) is 0 Å². The molecule has 0 bridgehead atoms. The minimum absolute atomic E-state index is 0.319. The number of nitrogens with zero attached hydrogens (tertiary/aromatic N) is 1. The highest BCUT2D eigenvalue weighted by Gasteiger charge is 2.02. The Morgan fingerprint density at radius 1 is 1.36 bits per heavy atom. The molecule has 86 valence electrons. The minimum Gasteiger partial charge on any atom is -0.548 e. The van der Waals surface area contributed by atoms with Gasteiger partial charge < -0.3 is 19.1 Å². The standard InChI is InChI=1S/C7H18N.C3H6O3/c1-5-6-7-8(2,3)4;1-6-2-3(4)5/h5-7H2,1-4H3;2H2,1H3,(H,4,5)/q+1;/p-1. The second-order valence-electron chi connectivity index (χ2n) is 4.17. The van der Waals surface area contributed by atoms with Crippen molar-refractivity contribution in [1.82, 2.24) is 0 Å². The van der Waals surface area contributed by atoms with Gasteiger partial charge in [0.1, 0.15) is 0 Å². The molecule has 0 atom stereocenters. The summed E-state index contributed by atoms with van der Waals surface area (Å²) in [6, 6.07) is 0. The van der Waals surface area contributed by atoms with E-state index in [0.717, 1.165) is 4.48 Å². The minimum atomic E-state index is -1.18. The zero-order valence-corrected chi connectivity index (χ0v) is 10.0. The maximum Gasteiger partial charge on any atom is 0.0857 e. The third-order valence-electron chi connectivity index (χ3n) is 1.44. The summed E-state index contributed by atoms with van der Waals surface area (Å²) in [5.41, 5.74) is 0. The molecule has 0 aliphatic heterocycles. The molecule has 4 nitrogen and oxygen atoms in total. The van der Waals surface area contributed by atoms with E-state index in [2.05, 4.69) is 32.8 Å². The number of aliphatic carboxylic acids is 1. The van der Waals surface area contributed by atoms with Crippen LogP contribution in [-0.2, 0) is 9.53 Å². The number of hydrogen-bond acceptors (Lipinski definition) is 3. The van der Waals surface area contributed by atoms with E-state index in [4.69, 9.17) is 0 Å². The highest BCUT2D eigenvalue weighted by Crippen LogP contribution is 1.95. The van der Waals surface area contributed by atoms with Crippen molar-refractivity contribution in [2.24, 2.45) is 0 Å². The van der Waals surface area contributed by atoms with Crippen LogP contribution >= 0.6 is 0 Å². The Balaban J connectivity index is 0. The SMILES string of the molecule is CCCC[N+](C)(C)C.COCC(=O)[O-]. The first-order chi connectivity index (χ1) is 6.33. The lowest BCUT2D eigenvalue weighted by molar-refractivity contribution is -0.870. The molecule has 0 aromatic carbocycles. The van der Waals surface area contributed by atoms with Gasteiger partial charge in [0.15, 0.2) is 0 Å². The summed E-state index contributed by atoms with van der Waals surface area (Å²) < 4.78 is 5.25. The second-order valence-corrected chi connectivity index (χ2v) is 4.17. The van der Waals surface area contributed by atoms with Gasteiger partial charge in [0, 0.05) is 7.11 Å². The molecule has 0 heterocycles. The quantitative estimate of drug-likeness (QED) is 0.588. The Morgan fingerprint density at radius 2 is 1.86 bits per heavy atom. The third-order valence-corrected chi connectivity index (χ3v) is 1.44. The zero-order chi connectivity index (χ0) is 11.6.